The molecular weight excluding hydrogens is 326 g/mol. The van der Waals surface area contributed by atoms with Crippen LogP contribution in [0, 0.1) is 6.92 Å². The fourth-order valence-corrected chi connectivity index (χ4v) is 4.90. The Morgan fingerprint density at radius 3 is 2.30 bits per heavy atom. The summed E-state index contributed by atoms with van der Waals surface area (Å²) in [5.74, 6) is 0. The molecule has 0 N–H and O–H groups in total. The normalized spacial score (nSPS) is 18.1. The van der Waals surface area contributed by atoms with E-state index < -0.39 is 0 Å². The standard InChI is InChI=1S/C26H35N/c1-4-26(25-20-12-11-14-22(25)2,27(3)24-18-9-6-10-19-24)21-13-17-23-15-7-5-8-16-23/h5,7-8,11-17,20,24H,4,6,9-10,18-19,21H2,1-3H3. The zero-order chi connectivity index (χ0) is 19.1. The lowest BCUT2D eigenvalue weighted by molar-refractivity contribution is 0.0465. The Labute approximate surface area is 166 Å². The fourth-order valence-electron chi connectivity index (χ4n) is 4.90. The summed E-state index contributed by atoms with van der Waals surface area (Å²) in [6.45, 7) is 4.64. The summed E-state index contributed by atoms with van der Waals surface area (Å²) in [6, 6.07) is 20.4. The zero-order valence-electron chi connectivity index (χ0n) is 17.3. The monoisotopic (exact) mass is 361 g/mol. The minimum absolute atomic E-state index is 0.0681. The number of aryl methyl sites for hydroxylation is 1. The summed E-state index contributed by atoms with van der Waals surface area (Å²) in [5.41, 5.74) is 4.26. The molecule has 2 aromatic rings. The van der Waals surface area contributed by atoms with E-state index in [4.69, 9.17) is 0 Å². The third kappa shape index (κ3) is 4.52. The van der Waals surface area contributed by atoms with E-state index in [1.54, 1.807) is 0 Å². The predicted octanol–water partition coefficient (Wildman–Crippen LogP) is 6.97. The lowest BCUT2D eigenvalue weighted by Crippen LogP contribution is -2.49. The first-order chi connectivity index (χ1) is 13.2. The van der Waals surface area contributed by atoms with Crippen LogP contribution in [0.3, 0.4) is 0 Å². The van der Waals surface area contributed by atoms with Crippen molar-refractivity contribution in [2.75, 3.05) is 7.05 Å². The first-order valence-electron chi connectivity index (χ1n) is 10.7. The van der Waals surface area contributed by atoms with Crippen molar-refractivity contribution >= 4 is 6.08 Å². The molecule has 1 fully saturated rings. The van der Waals surface area contributed by atoms with E-state index in [2.05, 4.69) is 92.5 Å². The third-order valence-corrected chi connectivity index (χ3v) is 6.59. The molecule has 27 heavy (non-hydrogen) atoms. The molecule has 0 heterocycles. The van der Waals surface area contributed by atoms with Gasteiger partial charge < -0.3 is 0 Å². The second kappa shape index (κ2) is 9.37. The molecular formula is C26H35N. The minimum Gasteiger partial charge on any atom is -0.293 e. The second-order valence-electron chi connectivity index (χ2n) is 8.12. The number of hydrogen-bond donors (Lipinski definition) is 0. The maximum Gasteiger partial charge on any atom is 0.0494 e. The van der Waals surface area contributed by atoms with Crippen molar-refractivity contribution in [2.45, 2.75) is 70.4 Å². The van der Waals surface area contributed by atoms with Crippen molar-refractivity contribution in [3.05, 3.63) is 77.4 Å². The highest BCUT2D eigenvalue weighted by molar-refractivity contribution is 5.49. The van der Waals surface area contributed by atoms with E-state index in [9.17, 15) is 0 Å². The Morgan fingerprint density at radius 1 is 0.963 bits per heavy atom. The van der Waals surface area contributed by atoms with Gasteiger partial charge in [-0.1, -0.05) is 92.9 Å². The molecule has 3 rings (SSSR count). The van der Waals surface area contributed by atoms with Crippen molar-refractivity contribution in [1.29, 1.82) is 0 Å². The van der Waals surface area contributed by atoms with Gasteiger partial charge >= 0.3 is 0 Å². The highest BCUT2D eigenvalue weighted by Gasteiger charge is 2.38. The number of benzene rings is 2. The Morgan fingerprint density at radius 2 is 1.63 bits per heavy atom. The van der Waals surface area contributed by atoms with Crippen molar-refractivity contribution in [2.24, 2.45) is 0 Å². The van der Waals surface area contributed by atoms with Gasteiger partial charge in [0.05, 0.1) is 0 Å². The van der Waals surface area contributed by atoms with Gasteiger partial charge in [-0.05, 0) is 56.3 Å². The van der Waals surface area contributed by atoms with Crippen LogP contribution in [0.25, 0.3) is 6.08 Å². The quantitative estimate of drug-likeness (QED) is 0.515. The average molecular weight is 362 g/mol. The fraction of sp³-hybridized carbons (Fsp3) is 0.462. The predicted molar refractivity (Wildman–Crippen MR) is 118 cm³/mol. The SMILES string of the molecule is CCC(CC=Cc1ccccc1)(c1ccccc1C)N(C)C1CCCCC1. The first-order valence-corrected chi connectivity index (χ1v) is 10.7. The number of rotatable bonds is 7. The van der Waals surface area contributed by atoms with Crippen LogP contribution in [-0.2, 0) is 5.54 Å². The topological polar surface area (TPSA) is 3.24 Å². The van der Waals surface area contributed by atoms with Crippen LogP contribution in [0.15, 0.2) is 60.7 Å². The maximum absolute atomic E-state index is 2.73. The van der Waals surface area contributed by atoms with E-state index in [0.29, 0.717) is 6.04 Å². The Kier molecular flexibility index (Phi) is 6.90. The molecule has 0 amide bonds. The lowest BCUT2D eigenvalue weighted by Gasteiger charge is -2.47. The van der Waals surface area contributed by atoms with Gasteiger partial charge in [-0.15, -0.1) is 0 Å². The molecule has 1 aliphatic carbocycles. The number of hydrogen-bond acceptors (Lipinski definition) is 1. The molecule has 0 spiro atoms. The van der Waals surface area contributed by atoms with Crippen LogP contribution in [0.4, 0.5) is 0 Å². The van der Waals surface area contributed by atoms with Crippen molar-refractivity contribution in [1.82, 2.24) is 4.90 Å². The molecule has 1 saturated carbocycles. The molecule has 0 saturated heterocycles. The largest absolute Gasteiger partial charge is 0.293 e. The van der Waals surface area contributed by atoms with E-state index in [1.165, 1.54) is 48.8 Å². The summed E-state index contributed by atoms with van der Waals surface area (Å²) < 4.78 is 0. The first kappa shape index (κ1) is 19.9. The molecule has 144 valence electrons. The average Bonchev–Trinajstić information content (AvgIpc) is 2.73. The molecule has 1 atom stereocenters. The van der Waals surface area contributed by atoms with Crippen LogP contribution in [-0.4, -0.2) is 18.0 Å². The Balaban J connectivity index is 1.94. The van der Waals surface area contributed by atoms with Crippen molar-refractivity contribution in [3.63, 3.8) is 0 Å². The van der Waals surface area contributed by atoms with Gasteiger partial charge in [-0.3, -0.25) is 4.90 Å². The summed E-state index contributed by atoms with van der Waals surface area (Å²) in [6.07, 6.45) is 13.7. The van der Waals surface area contributed by atoms with Crippen LogP contribution in [0.1, 0.15) is 68.6 Å². The zero-order valence-corrected chi connectivity index (χ0v) is 17.3. The molecule has 1 heteroatoms. The smallest absolute Gasteiger partial charge is 0.0494 e. The van der Waals surface area contributed by atoms with Gasteiger partial charge in [0, 0.05) is 11.6 Å². The van der Waals surface area contributed by atoms with Gasteiger partial charge in [0.1, 0.15) is 0 Å². The van der Waals surface area contributed by atoms with E-state index in [1.807, 2.05) is 0 Å². The van der Waals surface area contributed by atoms with Crippen LogP contribution >= 0.6 is 0 Å². The van der Waals surface area contributed by atoms with Crippen molar-refractivity contribution in [3.8, 4) is 0 Å². The van der Waals surface area contributed by atoms with Crippen LogP contribution in [0.2, 0.25) is 0 Å². The van der Waals surface area contributed by atoms with E-state index in [-0.39, 0.29) is 5.54 Å². The molecule has 1 unspecified atom stereocenters. The highest BCUT2D eigenvalue weighted by Crippen LogP contribution is 2.41. The summed E-state index contributed by atoms with van der Waals surface area (Å²) in [4.78, 5) is 2.73. The molecule has 1 nitrogen and oxygen atoms in total. The van der Waals surface area contributed by atoms with Crippen LogP contribution in [0.5, 0.6) is 0 Å². The molecule has 1 aliphatic rings. The second-order valence-corrected chi connectivity index (χ2v) is 8.12. The number of nitrogens with zero attached hydrogens (tertiary/aromatic N) is 1. The van der Waals surface area contributed by atoms with Gasteiger partial charge in [0.15, 0.2) is 0 Å². The van der Waals surface area contributed by atoms with E-state index >= 15 is 0 Å². The molecule has 0 aliphatic heterocycles. The van der Waals surface area contributed by atoms with Gasteiger partial charge in [0.25, 0.3) is 0 Å². The van der Waals surface area contributed by atoms with Gasteiger partial charge in [-0.2, -0.15) is 0 Å². The molecule has 0 bridgehead atoms. The highest BCUT2D eigenvalue weighted by atomic mass is 15.2. The summed E-state index contributed by atoms with van der Waals surface area (Å²) >= 11 is 0. The maximum atomic E-state index is 2.73. The summed E-state index contributed by atoms with van der Waals surface area (Å²) in [5, 5.41) is 0. The Bertz CT molecular complexity index is 727. The minimum atomic E-state index is 0.0681. The van der Waals surface area contributed by atoms with Crippen molar-refractivity contribution < 1.29 is 0 Å². The third-order valence-electron chi connectivity index (χ3n) is 6.59. The van der Waals surface area contributed by atoms with Gasteiger partial charge in [-0.25, -0.2) is 0 Å². The van der Waals surface area contributed by atoms with Crippen LogP contribution < -0.4 is 0 Å². The molecule has 0 aromatic heterocycles. The molecule has 2 aromatic carbocycles. The lowest BCUT2D eigenvalue weighted by atomic mass is 9.78. The summed E-state index contributed by atoms with van der Waals surface area (Å²) in [7, 11) is 2.38. The Hall–Kier alpha value is -1.86. The van der Waals surface area contributed by atoms with E-state index in [0.717, 1.165) is 12.8 Å². The van der Waals surface area contributed by atoms with Gasteiger partial charge in [0.2, 0.25) is 0 Å². The molecule has 0 radical (unpaired) electrons.